The molecule has 5 heteroatoms. The van der Waals surface area contributed by atoms with Crippen LogP contribution in [0.1, 0.15) is 12.5 Å². The van der Waals surface area contributed by atoms with Crippen LogP contribution in [-0.2, 0) is 16.2 Å². The fourth-order valence-corrected chi connectivity index (χ4v) is 1.19. The van der Waals surface area contributed by atoms with Gasteiger partial charge in [-0.15, -0.1) is 0 Å². The first-order valence-corrected chi connectivity index (χ1v) is 5.63. The van der Waals surface area contributed by atoms with Crippen molar-refractivity contribution in [2.75, 3.05) is 13.2 Å². The number of rotatable bonds is 7. The Bertz CT molecular complexity index is 375. The number of ether oxygens (including phenoxy) is 2. The lowest BCUT2D eigenvalue weighted by Gasteiger charge is -2.07. The van der Waals surface area contributed by atoms with Gasteiger partial charge in [0.25, 0.3) is 0 Å². The highest BCUT2D eigenvalue weighted by Crippen LogP contribution is 2.12. The number of benzene rings is 1. The SMILES string of the molecule is C=CCOC(=O)NOCc1ccc(OCC)cc1. The molecule has 0 atom stereocenters. The Hall–Kier alpha value is -2.01. The lowest BCUT2D eigenvalue weighted by molar-refractivity contribution is 0.0215. The maximum absolute atomic E-state index is 11.0. The molecule has 0 saturated heterocycles. The molecular formula is C13H17NO4. The van der Waals surface area contributed by atoms with E-state index in [1.807, 2.05) is 31.2 Å². The molecule has 0 spiro atoms. The van der Waals surface area contributed by atoms with Gasteiger partial charge in [-0.05, 0) is 24.6 Å². The molecule has 0 saturated carbocycles. The molecule has 0 unspecified atom stereocenters. The van der Waals surface area contributed by atoms with Gasteiger partial charge in [0, 0.05) is 0 Å². The standard InChI is InChI=1S/C13H17NO4/c1-3-9-17-13(15)14-18-10-11-5-7-12(8-6-11)16-4-2/h3,5-8H,1,4,9-10H2,2H3,(H,14,15). The highest BCUT2D eigenvalue weighted by atomic mass is 16.7. The van der Waals surface area contributed by atoms with Gasteiger partial charge in [-0.25, -0.2) is 4.79 Å². The predicted molar refractivity (Wildman–Crippen MR) is 67.1 cm³/mol. The van der Waals surface area contributed by atoms with Crippen LogP contribution in [0.5, 0.6) is 5.75 Å². The Kier molecular flexibility index (Phi) is 6.35. The van der Waals surface area contributed by atoms with E-state index in [9.17, 15) is 4.79 Å². The maximum Gasteiger partial charge on any atom is 0.431 e. The number of hydrogen-bond donors (Lipinski definition) is 1. The zero-order chi connectivity index (χ0) is 13.2. The van der Waals surface area contributed by atoms with Crippen LogP contribution in [-0.4, -0.2) is 19.3 Å². The topological polar surface area (TPSA) is 56.8 Å². The van der Waals surface area contributed by atoms with Crippen LogP contribution in [0, 0.1) is 0 Å². The van der Waals surface area contributed by atoms with Gasteiger partial charge in [-0.2, -0.15) is 5.48 Å². The van der Waals surface area contributed by atoms with E-state index >= 15 is 0 Å². The van der Waals surface area contributed by atoms with Crippen LogP contribution in [0.3, 0.4) is 0 Å². The second-order valence-electron chi connectivity index (χ2n) is 3.35. The zero-order valence-electron chi connectivity index (χ0n) is 10.3. The van der Waals surface area contributed by atoms with Crippen LogP contribution >= 0.6 is 0 Å². The summed E-state index contributed by atoms with van der Waals surface area (Å²) >= 11 is 0. The minimum atomic E-state index is -0.638. The molecular weight excluding hydrogens is 234 g/mol. The monoisotopic (exact) mass is 251 g/mol. The van der Waals surface area contributed by atoms with Crippen molar-refractivity contribution < 1.29 is 19.1 Å². The molecule has 1 amide bonds. The van der Waals surface area contributed by atoms with Gasteiger partial charge in [-0.1, -0.05) is 24.8 Å². The molecule has 1 aromatic rings. The fraction of sp³-hybridized carbons (Fsp3) is 0.308. The molecule has 0 aliphatic rings. The molecule has 5 nitrogen and oxygen atoms in total. The van der Waals surface area contributed by atoms with Crippen molar-refractivity contribution in [1.82, 2.24) is 5.48 Å². The third-order valence-electron chi connectivity index (χ3n) is 1.96. The second kappa shape index (κ2) is 8.14. The van der Waals surface area contributed by atoms with Crippen LogP contribution in [0.2, 0.25) is 0 Å². The minimum Gasteiger partial charge on any atom is -0.494 e. The summed E-state index contributed by atoms with van der Waals surface area (Å²) in [6.45, 7) is 6.39. The number of amides is 1. The first kappa shape index (κ1) is 14.1. The Morgan fingerprint density at radius 3 is 2.72 bits per heavy atom. The maximum atomic E-state index is 11.0. The highest BCUT2D eigenvalue weighted by Gasteiger charge is 2.00. The zero-order valence-corrected chi connectivity index (χ0v) is 10.3. The number of hydroxylamine groups is 1. The minimum absolute atomic E-state index is 0.151. The summed E-state index contributed by atoms with van der Waals surface area (Å²) in [5.74, 6) is 0.805. The van der Waals surface area contributed by atoms with Crippen molar-refractivity contribution >= 4 is 6.09 Å². The van der Waals surface area contributed by atoms with Crippen molar-refractivity contribution in [3.8, 4) is 5.75 Å². The van der Waals surface area contributed by atoms with Gasteiger partial charge in [0.05, 0.1) is 13.2 Å². The van der Waals surface area contributed by atoms with Crippen molar-refractivity contribution in [1.29, 1.82) is 0 Å². The summed E-state index contributed by atoms with van der Waals surface area (Å²) in [6, 6.07) is 7.42. The number of carbonyl (C=O) groups excluding carboxylic acids is 1. The average Bonchev–Trinajstić information content (AvgIpc) is 2.39. The summed E-state index contributed by atoms with van der Waals surface area (Å²) in [5, 5.41) is 0. The Labute approximate surface area is 106 Å². The van der Waals surface area contributed by atoms with Crippen LogP contribution in [0.15, 0.2) is 36.9 Å². The third-order valence-corrected chi connectivity index (χ3v) is 1.96. The molecule has 0 fully saturated rings. The van der Waals surface area contributed by atoms with E-state index in [1.165, 1.54) is 6.08 Å². The Morgan fingerprint density at radius 1 is 1.39 bits per heavy atom. The largest absolute Gasteiger partial charge is 0.494 e. The molecule has 0 aliphatic heterocycles. The molecule has 0 radical (unpaired) electrons. The smallest absolute Gasteiger partial charge is 0.431 e. The molecule has 0 bridgehead atoms. The molecule has 0 heterocycles. The highest BCUT2D eigenvalue weighted by molar-refractivity contribution is 5.65. The van der Waals surface area contributed by atoms with Crippen molar-refractivity contribution in [2.45, 2.75) is 13.5 Å². The molecule has 1 aromatic carbocycles. The van der Waals surface area contributed by atoms with Crippen molar-refractivity contribution in [2.24, 2.45) is 0 Å². The van der Waals surface area contributed by atoms with Crippen molar-refractivity contribution in [3.63, 3.8) is 0 Å². The lowest BCUT2D eigenvalue weighted by atomic mass is 10.2. The van der Waals surface area contributed by atoms with E-state index in [2.05, 4.69) is 16.8 Å². The summed E-state index contributed by atoms with van der Waals surface area (Å²) in [7, 11) is 0. The number of nitrogens with one attached hydrogen (secondary N) is 1. The average molecular weight is 251 g/mol. The van der Waals surface area contributed by atoms with Crippen LogP contribution in [0.4, 0.5) is 4.79 Å². The molecule has 1 N–H and O–H groups in total. The Balaban J connectivity index is 2.26. The molecule has 98 valence electrons. The first-order valence-electron chi connectivity index (χ1n) is 5.63. The number of hydrogen-bond acceptors (Lipinski definition) is 4. The second-order valence-corrected chi connectivity index (χ2v) is 3.35. The third kappa shape index (κ3) is 5.36. The summed E-state index contributed by atoms with van der Waals surface area (Å²) in [5.41, 5.74) is 3.08. The number of carbonyl (C=O) groups is 1. The predicted octanol–water partition coefficient (Wildman–Crippen LogP) is 2.43. The van der Waals surface area contributed by atoms with Gasteiger partial charge < -0.3 is 9.47 Å². The quantitative estimate of drug-likeness (QED) is 0.597. The molecule has 18 heavy (non-hydrogen) atoms. The van der Waals surface area contributed by atoms with Gasteiger partial charge in [0.15, 0.2) is 0 Å². The van der Waals surface area contributed by atoms with Gasteiger partial charge in [0.1, 0.15) is 12.4 Å². The van der Waals surface area contributed by atoms with Crippen molar-refractivity contribution in [3.05, 3.63) is 42.5 Å². The Morgan fingerprint density at radius 2 is 2.11 bits per heavy atom. The summed E-state index contributed by atoms with van der Waals surface area (Å²) in [6.07, 6.45) is 0.840. The van der Waals surface area contributed by atoms with Gasteiger partial charge in [0.2, 0.25) is 0 Å². The molecule has 1 rings (SSSR count). The van der Waals surface area contributed by atoms with E-state index in [1.54, 1.807) is 0 Å². The van der Waals surface area contributed by atoms with E-state index in [-0.39, 0.29) is 13.2 Å². The lowest BCUT2D eigenvalue weighted by Crippen LogP contribution is -2.24. The molecule has 0 aliphatic carbocycles. The summed E-state index contributed by atoms with van der Waals surface area (Å²) < 4.78 is 9.97. The van der Waals surface area contributed by atoms with Gasteiger partial charge in [-0.3, -0.25) is 4.84 Å². The van der Waals surface area contributed by atoms with Gasteiger partial charge >= 0.3 is 6.09 Å². The van der Waals surface area contributed by atoms with E-state index in [4.69, 9.17) is 9.57 Å². The fourth-order valence-electron chi connectivity index (χ4n) is 1.19. The first-order chi connectivity index (χ1) is 8.76. The van der Waals surface area contributed by atoms with E-state index < -0.39 is 6.09 Å². The summed E-state index contributed by atoms with van der Waals surface area (Å²) in [4.78, 5) is 16.0. The van der Waals surface area contributed by atoms with Crippen LogP contribution in [0.25, 0.3) is 0 Å². The molecule has 0 aromatic heterocycles. The van der Waals surface area contributed by atoms with E-state index in [0.717, 1.165) is 11.3 Å². The normalized spacial score (nSPS) is 9.61. The van der Waals surface area contributed by atoms with Crippen LogP contribution < -0.4 is 10.2 Å². The van der Waals surface area contributed by atoms with E-state index in [0.29, 0.717) is 6.61 Å².